The Balaban J connectivity index is 0.00000529. The van der Waals surface area contributed by atoms with Crippen LogP contribution in [0.2, 0.25) is 0 Å². The third kappa shape index (κ3) is 8.41. The second-order valence-electron chi connectivity index (χ2n) is 5.71. The molecular formula is C14H26ClN3O4S2. The van der Waals surface area contributed by atoms with Crippen LogP contribution in [0.15, 0.2) is 35.2 Å². The lowest BCUT2D eigenvalue weighted by atomic mass is 10.1. The molecule has 1 aromatic rings. The van der Waals surface area contributed by atoms with Crippen molar-refractivity contribution in [2.24, 2.45) is 11.7 Å². The highest BCUT2D eigenvalue weighted by Crippen LogP contribution is 2.07. The zero-order valence-electron chi connectivity index (χ0n) is 13.8. The van der Waals surface area contributed by atoms with E-state index in [1.54, 1.807) is 18.2 Å². The van der Waals surface area contributed by atoms with Gasteiger partial charge in [-0.2, -0.15) is 0 Å². The Morgan fingerprint density at radius 1 is 1.08 bits per heavy atom. The molecule has 1 unspecified atom stereocenters. The maximum Gasteiger partial charge on any atom is 0.240 e. The van der Waals surface area contributed by atoms with Crippen molar-refractivity contribution in [3.05, 3.63) is 30.3 Å². The first-order valence-electron chi connectivity index (χ1n) is 7.41. The minimum absolute atomic E-state index is 0. The van der Waals surface area contributed by atoms with Crippen LogP contribution < -0.4 is 15.2 Å². The average molecular weight is 400 g/mol. The summed E-state index contributed by atoms with van der Waals surface area (Å²) >= 11 is 0. The van der Waals surface area contributed by atoms with Crippen molar-refractivity contribution in [3.63, 3.8) is 0 Å². The predicted molar refractivity (Wildman–Crippen MR) is 98.1 cm³/mol. The van der Waals surface area contributed by atoms with Crippen LogP contribution in [0.3, 0.4) is 0 Å². The van der Waals surface area contributed by atoms with Crippen molar-refractivity contribution in [1.82, 2.24) is 9.44 Å². The number of hydrogen-bond donors (Lipinski definition) is 3. The maximum atomic E-state index is 12.0. The SMILES string of the molecule is CC(C)CC(CN)NS(=O)(=O)CCNS(=O)(=O)c1ccccc1.Cl. The lowest BCUT2D eigenvalue weighted by Crippen LogP contribution is -2.43. The smallest absolute Gasteiger partial charge is 0.240 e. The minimum atomic E-state index is -3.70. The van der Waals surface area contributed by atoms with Crippen LogP contribution in [0.5, 0.6) is 0 Å². The van der Waals surface area contributed by atoms with E-state index >= 15 is 0 Å². The van der Waals surface area contributed by atoms with Crippen LogP contribution in [0.4, 0.5) is 0 Å². The van der Waals surface area contributed by atoms with Crippen LogP contribution in [0.25, 0.3) is 0 Å². The standard InChI is InChI=1S/C14H25N3O4S2.ClH/c1-12(2)10-13(11-15)17-22(18,19)9-8-16-23(20,21)14-6-4-3-5-7-14;/h3-7,12-13,16-17H,8-11,15H2,1-2H3;1H. The van der Waals surface area contributed by atoms with E-state index < -0.39 is 20.0 Å². The van der Waals surface area contributed by atoms with Crippen molar-refractivity contribution in [1.29, 1.82) is 0 Å². The summed E-state index contributed by atoms with van der Waals surface area (Å²) in [6.07, 6.45) is 0.630. The van der Waals surface area contributed by atoms with E-state index in [1.165, 1.54) is 12.1 Å². The number of sulfonamides is 2. The molecule has 0 saturated heterocycles. The number of benzene rings is 1. The number of rotatable bonds is 10. The quantitative estimate of drug-likeness (QED) is 0.534. The van der Waals surface area contributed by atoms with E-state index in [-0.39, 0.29) is 42.2 Å². The van der Waals surface area contributed by atoms with Crippen LogP contribution in [0.1, 0.15) is 20.3 Å². The van der Waals surface area contributed by atoms with Gasteiger partial charge in [-0.15, -0.1) is 12.4 Å². The molecule has 7 nitrogen and oxygen atoms in total. The van der Waals surface area contributed by atoms with Gasteiger partial charge in [-0.25, -0.2) is 26.3 Å². The number of halogens is 1. The summed E-state index contributed by atoms with van der Waals surface area (Å²) in [6.45, 7) is 3.95. The molecule has 0 saturated carbocycles. The van der Waals surface area contributed by atoms with Gasteiger partial charge >= 0.3 is 0 Å². The summed E-state index contributed by atoms with van der Waals surface area (Å²) in [5.74, 6) is -0.0314. The fourth-order valence-corrected chi connectivity index (χ4v) is 4.44. The van der Waals surface area contributed by atoms with Crippen molar-refractivity contribution in [2.75, 3.05) is 18.8 Å². The Kier molecular flexibility index (Phi) is 10.0. The van der Waals surface area contributed by atoms with E-state index in [4.69, 9.17) is 5.73 Å². The summed E-state index contributed by atoms with van der Waals surface area (Å²) in [4.78, 5) is 0.102. The maximum absolute atomic E-state index is 12.0. The van der Waals surface area contributed by atoms with E-state index in [0.717, 1.165) is 0 Å². The van der Waals surface area contributed by atoms with Crippen LogP contribution in [0, 0.1) is 5.92 Å². The van der Waals surface area contributed by atoms with Crippen LogP contribution >= 0.6 is 12.4 Å². The molecule has 10 heteroatoms. The molecule has 24 heavy (non-hydrogen) atoms. The Morgan fingerprint density at radius 3 is 2.17 bits per heavy atom. The zero-order chi connectivity index (χ0) is 17.5. The summed E-state index contributed by atoms with van der Waals surface area (Å²) in [7, 11) is -7.30. The molecule has 0 aliphatic rings. The van der Waals surface area contributed by atoms with Gasteiger partial charge in [0.25, 0.3) is 0 Å². The molecule has 0 fully saturated rings. The van der Waals surface area contributed by atoms with Crippen LogP contribution in [-0.4, -0.2) is 41.7 Å². The molecule has 0 aliphatic heterocycles. The molecule has 0 radical (unpaired) electrons. The first-order chi connectivity index (χ1) is 10.7. The summed E-state index contributed by atoms with van der Waals surface area (Å²) in [5, 5.41) is 0. The molecule has 0 bridgehead atoms. The molecule has 140 valence electrons. The second-order valence-corrected chi connectivity index (χ2v) is 9.35. The van der Waals surface area contributed by atoms with Gasteiger partial charge in [0, 0.05) is 19.1 Å². The Bertz CT molecular complexity index is 679. The first kappa shape index (κ1) is 23.3. The van der Waals surface area contributed by atoms with Gasteiger partial charge in [0.1, 0.15) is 0 Å². The monoisotopic (exact) mass is 399 g/mol. The molecule has 1 rings (SSSR count). The van der Waals surface area contributed by atoms with E-state index in [9.17, 15) is 16.8 Å². The lowest BCUT2D eigenvalue weighted by Gasteiger charge is -2.18. The zero-order valence-corrected chi connectivity index (χ0v) is 16.3. The average Bonchev–Trinajstić information content (AvgIpc) is 2.46. The second kappa shape index (κ2) is 10.3. The summed E-state index contributed by atoms with van der Waals surface area (Å²) in [6, 6.07) is 7.46. The van der Waals surface area contributed by atoms with Gasteiger partial charge in [-0.1, -0.05) is 32.0 Å². The molecule has 4 N–H and O–H groups in total. The van der Waals surface area contributed by atoms with Gasteiger partial charge in [0.2, 0.25) is 20.0 Å². The van der Waals surface area contributed by atoms with Crippen LogP contribution in [-0.2, 0) is 20.0 Å². The molecule has 0 spiro atoms. The Labute approximate surface area is 150 Å². The highest BCUT2D eigenvalue weighted by atomic mass is 35.5. The fraction of sp³-hybridized carbons (Fsp3) is 0.571. The van der Waals surface area contributed by atoms with Gasteiger partial charge in [0.15, 0.2) is 0 Å². The summed E-state index contributed by atoms with van der Waals surface area (Å²) in [5.41, 5.74) is 5.56. The molecule has 1 aromatic carbocycles. The fourth-order valence-electron chi connectivity index (χ4n) is 2.07. The molecule has 0 aliphatic carbocycles. The number of nitrogens with two attached hydrogens (primary N) is 1. The van der Waals surface area contributed by atoms with E-state index in [1.807, 2.05) is 13.8 Å². The number of nitrogens with one attached hydrogen (secondary N) is 2. The van der Waals surface area contributed by atoms with Crippen molar-refractivity contribution in [2.45, 2.75) is 31.2 Å². The normalized spacial score (nSPS) is 13.5. The van der Waals surface area contributed by atoms with Crippen molar-refractivity contribution >= 4 is 32.5 Å². The van der Waals surface area contributed by atoms with Gasteiger partial charge < -0.3 is 5.73 Å². The topological polar surface area (TPSA) is 118 Å². The molecule has 0 heterocycles. The largest absolute Gasteiger partial charge is 0.329 e. The van der Waals surface area contributed by atoms with E-state index in [0.29, 0.717) is 12.3 Å². The third-order valence-electron chi connectivity index (χ3n) is 3.10. The predicted octanol–water partition coefficient (Wildman–Crippen LogP) is 0.680. The molecule has 0 amide bonds. The third-order valence-corrected chi connectivity index (χ3v) is 6.01. The first-order valence-corrected chi connectivity index (χ1v) is 10.5. The van der Waals surface area contributed by atoms with Crippen molar-refractivity contribution < 1.29 is 16.8 Å². The molecular weight excluding hydrogens is 374 g/mol. The minimum Gasteiger partial charge on any atom is -0.329 e. The number of hydrogen-bond acceptors (Lipinski definition) is 5. The van der Waals surface area contributed by atoms with Gasteiger partial charge in [-0.3, -0.25) is 0 Å². The molecule has 0 aromatic heterocycles. The lowest BCUT2D eigenvalue weighted by molar-refractivity contribution is 0.465. The van der Waals surface area contributed by atoms with Gasteiger partial charge in [0.05, 0.1) is 10.6 Å². The highest BCUT2D eigenvalue weighted by Gasteiger charge is 2.19. The summed E-state index contributed by atoms with van der Waals surface area (Å²) < 4.78 is 52.8. The van der Waals surface area contributed by atoms with E-state index in [2.05, 4.69) is 9.44 Å². The highest BCUT2D eigenvalue weighted by molar-refractivity contribution is 7.90. The van der Waals surface area contributed by atoms with Crippen molar-refractivity contribution in [3.8, 4) is 0 Å². The van der Waals surface area contributed by atoms with Gasteiger partial charge in [-0.05, 0) is 24.5 Å². The Morgan fingerprint density at radius 2 is 1.67 bits per heavy atom. The Hall–Kier alpha value is -0.710. The molecule has 1 atom stereocenters.